The van der Waals surface area contributed by atoms with E-state index in [1.54, 1.807) is 0 Å². The second-order valence-corrected chi connectivity index (χ2v) is 5.43. The maximum absolute atomic E-state index is 13.5. The maximum atomic E-state index is 13.5. The van der Waals surface area contributed by atoms with E-state index >= 15 is 0 Å². The van der Waals surface area contributed by atoms with Crippen molar-refractivity contribution in [2.24, 2.45) is 11.0 Å². The number of benzene rings is 2. The van der Waals surface area contributed by atoms with Crippen molar-refractivity contribution in [1.82, 2.24) is 5.43 Å². The summed E-state index contributed by atoms with van der Waals surface area (Å²) in [5, 5.41) is 26.0. The normalized spacial score (nSPS) is 11.8. The zero-order valence-corrected chi connectivity index (χ0v) is 14.0. The number of anilines is 1. The molecule has 0 saturated heterocycles. The van der Waals surface area contributed by atoms with E-state index in [1.807, 2.05) is 0 Å². The molecular weight excluding hydrogens is 359 g/mol. The summed E-state index contributed by atoms with van der Waals surface area (Å²) >= 11 is 0. The number of nitrogens with one attached hydrogen (secondary N) is 2. The smallest absolute Gasteiger partial charge is 0.311 e. The van der Waals surface area contributed by atoms with Crippen LogP contribution in [0.25, 0.3) is 0 Å². The number of nitro groups is 1. The largest absolute Gasteiger partial charge is 0.502 e. The molecule has 0 radical (unpaired) electrons. The number of nitrogens with zero attached hydrogens (tertiary/aromatic N) is 2. The van der Waals surface area contributed by atoms with Gasteiger partial charge in [0.1, 0.15) is 11.7 Å². The SMILES string of the molecule is CC(C(=O)N/N=C/c1ccc(O)c([N+](=O)[O-])c1)C(=O)Nc1ccccc1F. The summed E-state index contributed by atoms with van der Waals surface area (Å²) in [5.74, 6) is -3.79. The van der Waals surface area contributed by atoms with E-state index in [0.717, 1.165) is 18.3 Å². The first kappa shape index (κ1) is 19.5. The summed E-state index contributed by atoms with van der Waals surface area (Å²) < 4.78 is 13.5. The lowest BCUT2D eigenvalue weighted by Crippen LogP contribution is -2.34. The van der Waals surface area contributed by atoms with Gasteiger partial charge < -0.3 is 10.4 Å². The van der Waals surface area contributed by atoms with Gasteiger partial charge in [-0.15, -0.1) is 0 Å². The Morgan fingerprint density at radius 2 is 1.96 bits per heavy atom. The van der Waals surface area contributed by atoms with Gasteiger partial charge in [-0.05, 0) is 31.2 Å². The number of carbonyl (C=O) groups excluding carboxylic acids is 2. The zero-order chi connectivity index (χ0) is 20.0. The summed E-state index contributed by atoms with van der Waals surface area (Å²) in [4.78, 5) is 33.9. The summed E-state index contributed by atoms with van der Waals surface area (Å²) in [6.07, 6.45) is 1.12. The lowest BCUT2D eigenvalue weighted by Gasteiger charge is -2.11. The lowest BCUT2D eigenvalue weighted by atomic mass is 10.1. The van der Waals surface area contributed by atoms with Gasteiger partial charge in [0.2, 0.25) is 5.91 Å². The molecule has 0 saturated carbocycles. The molecule has 27 heavy (non-hydrogen) atoms. The van der Waals surface area contributed by atoms with Gasteiger partial charge in [-0.25, -0.2) is 9.82 Å². The van der Waals surface area contributed by atoms with Crippen molar-refractivity contribution in [2.75, 3.05) is 5.32 Å². The van der Waals surface area contributed by atoms with Crippen LogP contribution in [0.2, 0.25) is 0 Å². The van der Waals surface area contributed by atoms with Crippen molar-refractivity contribution >= 4 is 29.4 Å². The molecule has 9 nitrogen and oxygen atoms in total. The molecule has 10 heteroatoms. The second kappa shape index (κ2) is 8.52. The molecule has 0 aromatic heterocycles. The van der Waals surface area contributed by atoms with Gasteiger partial charge in [0.25, 0.3) is 5.91 Å². The molecule has 0 bridgehead atoms. The summed E-state index contributed by atoms with van der Waals surface area (Å²) in [6, 6.07) is 9.06. The molecule has 140 valence electrons. The highest BCUT2D eigenvalue weighted by Crippen LogP contribution is 2.25. The third-order valence-corrected chi connectivity index (χ3v) is 3.50. The number of halogens is 1. The van der Waals surface area contributed by atoms with Crippen LogP contribution in [0.4, 0.5) is 15.8 Å². The predicted octanol–water partition coefficient (Wildman–Crippen LogP) is 2.16. The van der Waals surface area contributed by atoms with Crippen molar-refractivity contribution in [3.8, 4) is 5.75 Å². The Balaban J connectivity index is 1.97. The second-order valence-electron chi connectivity index (χ2n) is 5.43. The Bertz CT molecular complexity index is 916. The number of nitro benzene ring substituents is 1. The molecule has 0 spiro atoms. The van der Waals surface area contributed by atoms with Gasteiger partial charge in [0.05, 0.1) is 16.8 Å². The van der Waals surface area contributed by atoms with Crippen molar-refractivity contribution < 1.29 is 24.0 Å². The summed E-state index contributed by atoms with van der Waals surface area (Å²) in [7, 11) is 0. The van der Waals surface area contributed by atoms with Gasteiger partial charge in [0, 0.05) is 11.6 Å². The van der Waals surface area contributed by atoms with E-state index in [-0.39, 0.29) is 11.3 Å². The number of phenols is 1. The number of hydrazone groups is 1. The Kier molecular flexibility index (Phi) is 6.15. The van der Waals surface area contributed by atoms with Gasteiger partial charge >= 0.3 is 5.69 Å². The number of para-hydroxylation sites is 1. The van der Waals surface area contributed by atoms with E-state index in [0.29, 0.717) is 0 Å². The van der Waals surface area contributed by atoms with E-state index in [4.69, 9.17) is 0 Å². The van der Waals surface area contributed by atoms with Crippen LogP contribution < -0.4 is 10.7 Å². The van der Waals surface area contributed by atoms with Gasteiger partial charge in [-0.2, -0.15) is 5.10 Å². The van der Waals surface area contributed by atoms with Crippen molar-refractivity contribution in [3.63, 3.8) is 0 Å². The topological polar surface area (TPSA) is 134 Å². The number of rotatable bonds is 6. The molecule has 0 aliphatic carbocycles. The molecule has 2 rings (SSSR count). The molecule has 0 heterocycles. The molecule has 0 fully saturated rings. The zero-order valence-electron chi connectivity index (χ0n) is 14.0. The minimum Gasteiger partial charge on any atom is -0.502 e. The Labute approximate surface area is 152 Å². The quantitative estimate of drug-likeness (QED) is 0.308. The average Bonchev–Trinajstić information content (AvgIpc) is 2.63. The van der Waals surface area contributed by atoms with Crippen LogP contribution in [-0.4, -0.2) is 28.1 Å². The highest BCUT2D eigenvalue weighted by atomic mass is 19.1. The van der Waals surface area contributed by atoms with Crippen LogP contribution in [0.3, 0.4) is 0 Å². The summed E-state index contributed by atoms with van der Waals surface area (Å²) in [5.41, 5.74) is 1.81. The van der Waals surface area contributed by atoms with Crippen molar-refractivity contribution in [2.45, 2.75) is 6.92 Å². The third-order valence-electron chi connectivity index (χ3n) is 3.50. The van der Waals surface area contributed by atoms with Crippen LogP contribution >= 0.6 is 0 Å². The number of hydrogen-bond acceptors (Lipinski definition) is 6. The number of amides is 2. The Hall–Kier alpha value is -3.82. The number of phenolic OH excluding ortho intramolecular Hbond substituents is 1. The van der Waals surface area contributed by atoms with Crippen molar-refractivity contribution in [1.29, 1.82) is 0 Å². The van der Waals surface area contributed by atoms with E-state index in [1.165, 1.54) is 37.3 Å². The highest BCUT2D eigenvalue weighted by Gasteiger charge is 2.22. The van der Waals surface area contributed by atoms with Gasteiger partial charge in [-0.1, -0.05) is 12.1 Å². The Morgan fingerprint density at radius 3 is 2.63 bits per heavy atom. The first-order valence-electron chi connectivity index (χ1n) is 7.65. The van der Waals surface area contributed by atoms with E-state index in [9.17, 15) is 29.2 Å². The molecular formula is C17H15FN4O5. The van der Waals surface area contributed by atoms with Crippen LogP contribution in [0.1, 0.15) is 12.5 Å². The molecule has 2 aromatic rings. The molecule has 1 atom stereocenters. The first-order chi connectivity index (χ1) is 12.8. The number of aromatic hydroxyl groups is 1. The lowest BCUT2D eigenvalue weighted by molar-refractivity contribution is -0.385. The maximum Gasteiger partial charge on any atom is 0.311 e. The minimum atomic E-state index is -1.17. The van der Waals surface area contributed by atoms with Crippen LogP contribution in [0.15, 0.2) is 47.6 Å². The first-order valence-corrected chi connectivity index (χ1v) is 7.65. The van der Waals surface area contributed by atoms with Crippen LogP contribution in [0.5, 0.6) is 5.75 Å². The van der Waals surface area contributed by atoms with Crippen molar-refractivity contribution in [3.05, 3.63) is 64.0 Å². The molecule has 2 aromatic carbocycles. The Morgan fingerprint density at radius 1 is 1.26 bits per heavy atom. The molecule has 2 amide bonds. The van der Waals surface area contributed by atoms with E-state index in [2.05, 4.69) is 15.8 Å². The average molecular weight is 374 g/mol. The molecule has 3 N–H and O–H groups in total. The fourth-order valence-corrected chi connectivity index (χ4v) is 1.96. The predicted molar refractivity (Wildman–Crippen MR) is 94.7 cm³/mol. The van der Waals surface area contributed by atoms with Crippen LogP contribution in [-0.2, 0) is 9.59 Å². The molecule has 0 aliphatic heterocycles. The summed E-state index contributed by atoms with van der Waals surface area (Å²) in [6.45, 7) is 1.31. The van der Waals surface area contributed by atoms with Gasteiger partial charge in [0.15, 0.2) is 5.75 Å². The number of hydrogen-bond donors (Lipinski definition) is 3. The monoisotopic (exact) mass is 374 g/mol. The fourth-order valence-electron chi connectivity index (χ4n) is 1.96. The number of carbonyl (C=O) groups is 2. The third kappa shape index (κ3) is 5.08. The van der Waals surface area contributed by atoms with Crippen LogP contribution in [0, 0.1) is 21.8 Å². The fraction of sp³-hybridized carbons (Fsp3) is 0.118. The molecule has 0 aliphatic rings. The van der Waals surface area contributed by atoms with E-state index < -0.39 is 39.9 Å². The standard InChI is InChI=1S/C17H15FN4O5/c1-10(16(24)20-13-5-3-2-4-12(13)18)17(25)21-19-9-11-6-7-15(23)14(8-11)22(26)27/h2-10,23H,1H3,(H,20,24)(H,21,25)/b19-9+. The highest BCUT2D eigenvalue weighted by molar-refractivity contribution is 6.06. The minimum absolute atomic E-state index is 0.0537. The van der Waals surface area contributed by atoms with Gasteiger partial charge in [-0.3, -0.25) is 19.7 Å². The molecule has 1 unspecified atom stereocenters.